The van der Waals surface area contributed by atoms with E-state index in [0.29, 0.717) is 25.6 Å². The summed E-state index contributed by atoms with van der Waals surface area (Å²) in [6.45, 7) is 5.26. The summed E-state index contributed by atoms with van der Waals surface area (Å²) in [5.74, 6) is 0.0590. The molecule has 0 spiro atoms. The molecular weight excluding hydrogens is 281 g/mol. The van der Waals surface area contributed by atoms with Crippen molar-refractivity contribution in [3.63, 3.8) is 0 Å². The fourth-order valence-corrected chi connectivity index (χ4v) is 2.62. The Hall–Kier alpha value is -1.72. The van der Waals surface area contributed by atoms with E-state index in [4.69, 9.17) is 0 Å². The molecule has 1 saturated heterocycles. The van der Waals surface area contributed by atoms with Gasteiger partial charge in [0.1, 0.15) is 0 Å². The summed E-state index contributed by atoms with van der Waals surface area (Å²) in [4.78, 5) is 14.1. The Kier molecular flexibility index (Phi) is 4.44. The number of para-hydroxylation sites is 1. The Morgan fingerprint density at radius 1 is 1.43 bits per heavy atom. The highest BCUT2D eigenvalue weighted by molar-refractivity contribution is 6.00. The number of rotatable bonds is 3. The molecule has 1 aliphatic heterocycles. The van der Waals surface area contributed by atoms with Gasteiger partial charge in [-0.3, -0.25) is 4.79 Å². The second-order valence-corrected chi connectivity index (χ2v) is 5.40. The minimum atomic E-state index is -4.48. The van der Waals surface area contributed by atoms with Gasteiger partial charge in [-0.2, -0.15) is 13.2 Å². The van der Waals surface area contributed by atoms with Crippen molar-refractivity contribution >= 4 is 11.6 Å². The lowest BCUT2D eigenvalue weighted by Crippen LogP contribution is -2.29. The van der Waals surface area contributed by atoms with Gasteiger partial charge in [0.15, 0.2) is 0 Å². The number of hydrogen-bond donors (Lipinski definition) is 1. The Bertz CT molecular complexity index is 528. The number of halogens is 3. The van der Waals surface area contributed by atoms with Crippen LogP contribution in [0.2, 0.25) is 0 Å². The van der Waals surface area contributed by atoms with E-state index in [0.717, 1.165) is 12.5 Å². The summed E-state index contributed by atoms with van der Waals surface area (Å²) < 4.78 is 39.3. The summed E-state index contributed by atoms with van der Waals surface area (Å²) in [6.07, 6.45) is -3.59. The minimum absolute atomic E-state index is 0.0979. The van der Waals surface area contributed by atoms with Crippen LogP contribution in [-0.4, -0.2) is 30.4 Å². The summed E-state index contributed by atoms with van der Waals surface area (Å²) in [5.41, 5.74) is -0.805. The molecule has 1 fully saturated rings. The lowest BCUT2D eigenvalue weighted by atomic mass is 10.0. The van der Waals surface area contributed by atoms with Crippen LogP contribution in [-0.2, 0) is 6.18 Å². The second-order valence-electron chi connectivity index (χ2n) is 5.40. The number of alkyl halides is 3. The number of benzene rings is 1. The molecule has 6 heteroatoms. The lowest BCUT2D eigenvalue weighted by Gasteiger charge is -2.21. The van der Waals surface area contributed by atoms with E-state index in [1.165, 1.54) is 12.1 Å². The van der Waals surface area contributed by atoms with Gasteiger partial charge in [0.05, 0.1) is 16.8 Å². The molecule has 2 rings (SSSR count). The molecule has 116 valence electrons. The quantitative estimate of drug-likeness (QED) is 0.924. The number of hydrogen-bond acceptors (Lipinski definition) is 2. The Balaban J connectivity index is 2.40. The third kappa shape index (κ3) is 3.31. The highest BCUT2D eigenvalue weighted by Gasteiger charge is 2.36. The van der Waals surface area contributed by atoms with Gasteiger partial charge in [0.25, 0.3) is 5.91 Å². The van der Waals surface area contributed by atoms with Crippen LogP contribution in [0.25, 0.3) is 0 Å². The lowest BCUT2D eigenvalue weighted by molar-refractivity contribution is -0.137. The number of nitrogens with zero attached hydrogens (tertiary/aromatic N) is 1. The van der Waals surface area contributed by atoms with Gasteiger partial charge < -0.3 is 10.2 Å². The molecule has 1 amide bonds. The van der Waals surface area contributed by atoms with Crippen LogP contribution in [0.5, 0.6) is 0 Å². The number of amides is 1. The van der Waals surface area contributed by atoms with Crippen LogP contribution < -0.4 is 5.32 Å². The smallest absolute Gasteiger partial charge is 0.384 e. The first kappa shape index (κ1) is 15.7. The average molecular weight is 300 g/mol. The molecule has 0 aliphatic carbocycles. The van der Waals surface area contributed by atoms with Gasteiger partial charge in [-0.1, -0.05) is 13.0 Å². The molecule has 1 heterocycles. The average Bonchev–Trinajstić information content (AvgIpc) is 2.84. The number of carbonyl (C=O) groups is 1. The zero-order valence-electron chi connectivity index (χ0n) is 12.1. The zero-order chi connectivity index (χ0) is 15.6. The van der Waals surface area contributed by atoms with Crippen LogP contribution in [0, 0.1) is 5.92 Å². The van der Waals surface area contributed by atoms with Gasteiger partial charge >= 0.3 is 6.18 Å². The van der Waals surface area contributed by atoms with Crippen LogP contribution in [0.1, 0.15) is 36.2 Å². The second kappa shape index (κ2) is 5.95. The molecule has 0 radical (unpaired) electrons. The molecule has 3 nitrogen and oxygen atoms in total. The molecule has 1 unspecified atom stereocenters. The first-order valence-corrected chi connectivity index (χ1v) is 7.08. The van der Waals surface area contributed by atoms with E-state index in [9.17, 15) is 18.0 Å². The van der Waals surface area contributed by atoms with Crippen LogP contribution in [0.3, 0.4) is 0 Å². The maximum atomic E-state index is 13.1. The first-order valence-electron chi connectivity index (χ1n) is 7.08. The fraction of sp³-hybridized carbons (Fsp3) is 0.533. The maximum absolute atomic E-state index is 13.1. The van der Waals surface area contributed by atoms with Crippen molar-refractivity contribution in [3.8, 4) is 0 Å². The number of likely N-dealkylation sites (tertiary alicyclic amines) is 1. The Morgan fingerprint density at radius 3 is 2.67 bits per heavy atom. The predicted molar refractivity (Wildman–Crippen MR) is 75.3 cm³/mol. The van der Waals surface area contributed by atoms with Gasteiger partial charge in [0.2, 0.25) is 0 Å². The van der Waals surface area contributed by atoms with Crippen molar-refractivity contribution in [2.45, 2.75) is 26.4 Å². The largest absolute Gasteiger partial charge is 0.418 e. The number of nitrogens with one attached hydrogen (secondary N) is 1. The molecule has 1 aromatic rings. The normalized spacial score (nSPS) is 18.9. The molecule has 1 aliphatic rings. The van der Waals surface area contributed by atoms with Crippen molar-refractivity contribution in [1.82, 2.24) is 4.90 Å². The molecular formula is C15H19F3N2O. The van der Waals surface area contributed by atoms with Gasteiger partial charge in [-0.25, -0.2) is 0 Å². The van der Waals surface area contributed by atoms with Crippen molar-refractivity contribution < 1.29 is 18.0 Å². The maximum Gasteiger partial charge on any atom is 0.418 e. The van der Waals surface area contributed by atoms with Crippen LogP contribution >= 0.6 is 0 Å². The summed E-state index contributed by atoms with van der Waals surface area (Å²) in [6, 6.07) is 3.75. The number of anilines is 1. The first-order chi connectivity index (χ1) is 9.84. The zero-order valence-corrected chi connectivity index (χ0v) is 12.1. The molecule has 0 saturated carbocycles. The third-order valence-electron chi connectivity index (χ3n) is 3.66. The van der Waals surface area contributed by atoms with E-state index in [2.05, 4.69) is 5.32 Å². The van der Waals surface area contributed by atoms with E-state index < -0.39 is 11.7 Å². The van der Waals surface area contributed by atoms with Gasteiger partial charge in [-0.15, -0.1) is 0 Å². The summed E-state index contributed by atoms with van der Waals surface area (Å²) in [7, 11) is 0. The van der Waals surface area contributed by atoms with E-state index in [1.54, 1.807) is 11.8 Å². The third-order valence-corrected chi connectivity index (χ3v) is 3.66. The van der Waals surface area contributed by atoms with Gasteiger partial charge in [0, 0.05) is 19.6 Å². The van der Waals surface area contributed by atoms with Crippen molar-refractivity contribution in [3.05, 3.63) is 29.3 Å². The monoisotopic (exact) mass is 300 g/mol. The summed E-state index contributed by atoms with van der Waals surface area (Å²) in [5, 5.41) is 2.70. The Labute approximate surface area is 122 Å². The van der Waals surface area contributed by atoms with E-state index in [1.807, 2.05) is 6.92 Å². The topological polar surface area (TPSA) is 32.3 Å². The van der Waals surface area contributed by atoms with Crippen LogP contribution in [0.4, 0.5) is 18.9 Å². The predicted octanol–water partition coefficient (Wildman–Crippen LogP) is 3.62. The van der Waals surface area contributed by atoms with Crippen molar-refractivity contribution in [2.75, 3.05) is 25.0 Å². The molecule has 1 aromatic carbocycles. The molecule has 1 N–H and O–H groups in total. The standard InChI is InChI=1S/C15H19F3N2O/c1-3-19-13-11(5-4-6-12(13)15(16,17)18)14(21)20-8-7-10(2)9-20/h4-6,10,19H,3,7-9H2,1-2H3. The molecule has 0 bridgehead atoms. The van der Waals surface area contributed by atoms with Crippen LogP contribution in [0.15, 0.2) is 18.2 Å². The highest BCUT2D eigenvalue weighted by atomic mass is 19.4. The molecule has 21 heavy (non-hydrogen) atoms. The number of carbonyl (C=O) groups excluding carboxylic acids is 1. The van der Waals surface area contributed by atoms with E-state index in [-0.39, 0.29) is 17.2 Å². The molecule has 0 aromatic heterocycles. The molecule has 1 atom stereocenters. The SMILES string of the molecule is CCNc1c(C(=O)N2CCC(C)C2)cccc1C(F)(F)F. The summed E-state index contributed by atoms with van der Waals surface area (Å²) >= 11 is 0. The van der Waals surface area contributed by atoms with Gasteiger partial charge in [-0.05, 0) is 31.4 Å². The fourth-order valence-electron chi connectivity index (χ4n) is 2.62. The Morgan fingerprint density at radius 2 is 2.14 bits per heavy atom. The van der Waals surface area contributed by atoms with E-state index >= 15 is 0 Å². The van der Waals surface area contributed by atoms with Crippen molar-refractivity contribution in [1.29, 1.82) is 0 Å². The van der Waals surface area contributed by atoms with Crippen molar-refractivity contribution in [2.24, 2.45) is 5.92 Å². The highest BCUT2D eigenvalue weighted by Crippen LogP contribution is 2.37. The minimum Gasteiger partial charge on any atom is -0.384 e.